The highest BCUT2D eigenvalue weighted by molar-refractivity contribution is 6.01. The first-order valence-electron chi connectivity index (χ1n) is 25.0. The second kappa shape index (κ2) is 17.0. The molecule has 72 heavy (non-hydrogen) atoms. The van der Waals surface area contributed by atoms with Gasteiger partial charge >= 0.3 is 0 Å². The summed E-state index contributed by atoms with van der Waals surface area (Å²) in [6.07, 6.45) is 0. The van der Waals surface area contributed by atoms with Gasteiger partial charge in [0, 0.05) is 17.1 Å². The van der Waals surface area contributed by atoms with Crippen LogP contribution < -0.4 is 4.90 Å². The molecule has 0 fully saturated rings. The van der Waals surface area contributed by atoms with Crippen molar-refractivity contribution < 1.29 is 0 Å². The van der Waals surface area contributed by atoms with Gasteiger partial charge in [0.05, 0.1) is 5.41 Å². The Bertz CT molecular complexity index is 3970. The van der Waals surface area contributed by atoms with Gasteiger partial charge in [-0.3, -0.25) is 0 Å². The Morgan fingerprint density at radius 1 is 0.208 bits per heavy atom. The van der Waals surface area contributed by atoms with Crippen LogP contribution in [-0.2, 0) is 5.41 Å². The van der Waals surface area contributed by atoms with E-state index in [0.29, 0.717) is 0 Å². The molecule has 0 atom stereocenters. The second-order valence-corrected chi connectivity index (χ2v) is 19.1. The summed E-state index contributed by atoms with van der Waals surface area (Å²) in [6.45, 7) is 0. The first-order valence-corrected chi connectivity index (χ1v) is 25.0. The van der Waals surface area contributed by atoms with Crippen molar-refractivity contribution in [1.29, 1.82) is 0 Å². The summed E-state index contributed by atoms with van der Waals surface area (Å²) in [4.78, 5) is 2.46. The highest BCUT2D eigenvalue weighted by atomic mass is 15.1. The van der Waals surface area contributed by atoms with E-state index in [1.54, 1.807) is 0 Å². The SMILES string of the molecule is c1ccc(-c2ccccc2-c2c(-c3ccccc3)cccc2-c2ccc(N(c3cccc(-c4ccc5ccccc5c4)c3)c3ccc4c(c3)C3(c5ccccc5-c5ccccc53)c3ccccc3-4)cc2)cc1. The summed E-state index contributed by atoms with van der Waals surface area (Å²) in [6, 6.07) is 105. The normalized spacial score (nSPS) is 12.6. The average molecular weight is 914 g/mol. The average Bonchev–Trinajstić information content (AvgIpc) is 3.93. The summed E-state index contributed by atoms with van der Waals surface area (Å²) in [5, 5.41) is 2.47. The molecule has 0 saturated carbocycles. The van der Waals surface area contributed by atoms with Crippen molar-refractivity contribution in [3.63, 3.8) is 0 Å². The standard InChI is InChI=1S/C71H47N/c1-3-20-49(21-4-1)58-27-9-10-31-65(58)70-59(50-22-5-2-6-23-50)32-18-33-60(70)51-39-41-55(42-40-51)72(56-26-17-25-53(46-56)54-38-37-48-19-7-8-24-52(48)45-54)57-43-44-64-63-30-13-16-36-68(63)71(69(64)47-57)66-34-14-11-28-61(66)62-29-12-15-35-67(62)71/h1-47H. The lowest BCUT2D eigenvalue weighted by Gasteiger charge is -2.32. The van der Waals surface area contributed by atoms with Crippen LogP contribution in [0.3, 0.4) is 0 Å². The molecule has 12 aromatic rings. The van der Waals surface area contributed by atoms with Crippen LogP contribution in [0.2, 0.25) is 0 Å². The lowest BCUT2D eigenvalue weighted by molar-refractivity contribution is 0.793. The summed E-state index contributed by atoms with van der Waals surface area (Å²) < 4.78 is 0. The fraction of sp³-hybridized carbons (Fsp3) is 0.0141. The number of nitrogens with zero attached hydrogens (tertiary/aromatic N) is 1. The molecule has 0 saturated heterocycles. The minimum absolute atomic E-state index is 0.464. The molecule has 0 amide bonds. The first kappa shape index (κ1) is 41.7. The Kier molecular flexibility index (Phi) is 9.82. The van der Waals surface area contributed by atoms with Crippen LogP contribution in [0.1, 0.15) is 22.3 Å². The number of rotatable bonds is 8. The van der Waals surface area contributed by atoms with Gasteiger partial charge < -0.3 is 4.90 Å². The van der Waals surface area contributed by atoms with E-state index >= 15 is 0 Å². The Morgan fingerprint density at radius 2 is 0.625 bits per heavy atom. The largest absolute Gasteiger partial charge is 0.310 e. The minimum atomic E-state index is -0.464. The molecular weight excluding hydrogens is 867 g/mol. The molecule has 1 heteroatoms. The molecule has 12 aromatic carbocycles. The molecule has 336 valence electrons. The van der Waals surface area contributed by atoms with E-state index in [2.05, 4.69) is 290 Å². The number of fused-ring (bicyclic) bond motifs is 11. The molecule has 0 heterocycles. The Labute approximate surface area is 421 Å². The van der Waals surface area contributed by atoms with Crippen molar-refractivity contribution in [3.8, 4) is 77.9 Å². The third kappa shape index (κ3) is 6.55. The highest BCUT2D eigenvalue weighted by Gasteiger charge is 2.51. The zero-order valence-corrected chi connectivity index (χ0v) is 39.6. The molecule has 1 spiro atoms. The fourth-order valence-electron chi connectivity index (χ4n) is 12.2. The van der Waals surface area contributed by atoms with Gasteiger partial charge in [-0.1, -0.05) is 243 Å². The third-order valence-corrected chi connectivity index (χ3v) is 15.3. The predicted octanol–water partition coefficient (Wildman–Crippen LogP) is 19.0. The van der Waals surface area contributed by atoms with E-state index in [-0.39, 0.29) is 0 Å². The van der Waals surface area contributed by atoms with Crippen molar-refractivity contribution >= 4 is 27.8 Å². The maximum Gasteiger partial charge on any atom is 0.0726 e. The molecule has 0 radical (unpaired) electrons. The number of hydrogen-bond acceptors (Lipinski definition) is 1. The summed E-state index contributed by atoms with van der Waals surface area (Å²) in [7, 11) is 0. The van der Waals surface area contributed by atoms with Crippen LogP contribution in [0.5, 0.6) is 0 Å². The third-order valence-electron chi connectivity index (χ3n) is 15.3. The van der Waals surface area contributed by atoms with Gasteiger partial charge in [-0.05, 0) is 153 Å². The topological polar surface area (TPSA) is 3.24 Å². The van der Waals surface area contributed by atoms with Crippen LogP contribution in [0.25, 0.3) is 88.7 Å². The monoisotopic (exact) mass is 913 g/mol. The van der Waals surface area contributed by atoms with Gasteiger partial charge in [-0.15, -0.1) is 0 Å². The molecule has 0 unspecified atom stereocenters. The molecule has 0 aliphatic heterocycles. The predicted molar refractivity (Wildman–Crippen MR) is 302 cm³/mol. The second-order valence-electron chi connectivity index (χ2n) is 19.1. The smallest absolute Gasteiger partial charge is 0.0726 e. The van der Waals surface area contributed by atoms with E-state index in [1.807, 2.05) is 0 Å². The van der Waals surface area contributed by atoms with Crippen LogP contribution in [0.15, 0.2) is 285 Å². The van der Waals surface area contributed by atoms with Gasteiger partial charge in [0.2, 0.25) is 0 Å². The van der Waals surface area contributed by atoms with E-state index in [4.69, 9.17) is 0 Å². The van der Waals surface area contributed by atoms with E-state index in [9.17, 15) is 0 Å². The van der Waals surface area contributed by atoms with Crippen molar-refractivity contribution in [2.75, 3.05) is 4.90 Å². The van der Waals surface area contributed by atoms with Gasteiger partial charge in [0.25, 0.3) is 0 Å². The van der Waals surface area contributed by atoms with E-state index < -0.39 is 5.41 Å². The highest BCUT2D eigenvalue weighted by Crippen LogP contribution is 2.63. The van der Waals surface area contributed by atoms with Crippen LogP contribution in [-0.4, -0.2) is 0 Å². The summed E-state index contributed by atoms with van der Waals surface area (Å²) in [5.41, 5.74) is 25.2. The van der Waals surface area contributed by atoms with Crippen LogP contribution in [0, 0.1) is 0 Å². The van der Waals surface area contributed by atoms with E-state index in [1.165, 1.54) is 105 Å². The molecule has 0 bridgehead atoms. The lowest BCUT2D eigenvalue weighted by Crippen LogP contribution is -2.26. The molecular formula is C71H47N. The Hall–Kier alpha value is -9.30. The van der Waals surface area contributed by atoms with Gasteiger partial charge in [0.15, 0.2) is 0 Å². The molecule has 14 rings (SSSR count). The summed E-state index contributed by atoms with van der Waals surface area (Å²) in [5.74, 6) is 0. The molecule has 0 aromatic heterocycles. The number of hydrogen-bond donors (Lipinski definition) is 0. The van der Waals surface area contributed by atoms with Gasteiger partial charge in [-0.2, -0.15) is 0 Å². The maximum atomic E-state index is 2.49. The number of benzene rings is 12. The van der Waals surface area contributed by atoms with Crippen molar-refractivity contribution in [3.05, 3.63) is 307 Å². The van der Waals surface area contributed by atoms with Crippen molar-refractivity contribution in [2.45, 2.75) is 5.41 Å². The maximum absolute atomic E-state index is 2.49. The quantitative estimate of drug-likeness (QED) is 0.147. The fourth-order valence-corrected chi connectivity index (χ4v) is 12.2. The van der Waals surface area contributed by atoms with Crippen LogP contribution in [0.4, 0.5) is 17.1 Å². The molecule has 2 aliphatic carbocycles. The Morgan fingerprint density at radius 3 is 1.26 bits per heavy atom. The van der Waals surface area contributed by atoms with E-state index in [0.717, 1.165) is 22.6 Å². The molecule has 2 aliphatic rings. The van der Waals surface area contributed by atoms with Gasteiger partial charge in [-0.25, -0.2) is 0 Å². The molecule has 0 N–H and O–H groups in total. The Balaban J connectivity index is 0.966. The van der Waals surface area contributed by atoms with Crippen molar-refractivity contribution in [1.82, 2.24) is 0 Å². The lowest BCUT2D eigenvalue weighted by atomic mass is 9.70. The van der Waals surface area contributed by atoms with Crippen LogP contribution >= 0.6 is 0 Å². The zero-order valence-electron chi connectivity index (χ0n) is 39.6. The minimum Gasteiger partial charge on any atom is -0.310 e. The van der Waals surface area contributed by atoms with Crippen molar-refractivity contribution in [2.24, 2.45) is 0 Å². The van der Waals surface area contributed by atoms with Gasteiger partial charge in [0.1, 0.15) is 0 Å². The zero-order chi connectivity index (χ0) is 47.6. The summed E-state index contributed by atoms with van der Waals surface area (Å²) >= 11 is 0. The number of anilines is 3. The molecule has 1 nitrogen and oxygen atoms in total. The first-order chi connectivity index (χ1) is 35.7.